The summed E-state index contributed by atoms with van der Waals surface area (Å²) in [5.74, 6) is 2.96. The van der Waals surface area contributed by atoms with Gasteiger partial charge in [-0.15, -0.1) is 0 Å². The van der Waals surface area contributed by atoms with Gasteiger partial charge >= 0.3 is 6.03 Å². The largest absolute Gasteiger partial charge is 0.497 e. The first-order valence-electron chi connectivity index (χ1n) is 10.2. The molecule has 1 aliphatic heterocycles. The zero-order valence-electron chi connectivity index (χ0n) is 17.6. The number of nitrogens with one attached hydrogen (secondary N) is 2. The lowest BCUT2D eigenvalue weighted by molar-refractivity contribution is 0.171. The van der Waals surface area contributed by atoms with Gasteiger partial charge in [-0.25, -0.2) is 9.78 Å². The van der Waals surface area contributed by atoms with Crippen molar-refractivity contribution in [3.05, 3.63) is 71.8 Å². The molecule has 8 heteroatoms. The van der Waals surface area contributed by atoms with Crippen LogP contribution in [0.4, 0.5) is 4.79 Å². The van der Waals surface area contributed by atoms with Crippen molar-refractivity contribution in [1.82, 2.24) is 20.2 Å². The fourth-order valence-corrected chi connectivity index (χ4v) is 3.52. The fourth-order valence-electron chi connectivity index (χ4n) is 3.52. The number of nitrogens with zero attached hydrogens (tertiary/aromatic N) is 2. The highest BCUT2D eigenvalue weighted by atomic mass is 16.6. The van der Waals surface area contributed by atoms with Crippen molar-refractivity contribution in [3.8, 4) is 17.2 Å². The first-order chi connectivity index (χ1) is 15.1. The first kappa shape index (κ1) is 20.6. The molecule has 0 fully saturated rings. The minimum Gasteiger partial charge on any atom is -0.497 e. The van der Waals surface area contributed by atoms with Gasteiger partial charge in [0.1, 0.15) is 30.8 Å². The predicted molar refractivity (Wildman–Crippen MR) is 116 cm³/mol. The van der Waals surface area contributed by atoms with Crippen molar-refractivity contribution in [2.75, 3.05) is 26.9 Å². The molecule has 0 saturated carbocycles. The van der Waals surface area contributed by atoms with E-state index in [1.54, 1.807) is 13.3 Å². The molecule has 1 atom stereocenters. The van der Waals surface area contributed by atoms with Crippen LogP contribution >= 0.6 is 0 Å². The van der Waals surface area contributed by atoms with Crippen molar-refractivity contribution in [1.29, 1.82) is 0 Å². The number of carbonyl (C=O) groups is 1. The molecule has 31 heavy (non-hydrogen) atoms. The summed E-state index contributed by atoms with van der Waals surface area (Å²) in [6.45, 7) is 1.60. The molecule has 1 aromatic heterocycles. The molecule has 0 spiro atoms. The summed E-state index contributed by atoms with van der Waals surface area (Å²) < 4.78 is 18.4. The van der Waals surface area contributed by atoms with Crippen LogP contribution in [0.3, 0.4) is 0 Å². The van der Waals surface area contributed by atoms with Gasteiger partial charge in [0.25, 0.3) is 0 Å². The van der Waals surface area contributed by atoms with Crippen LogP contribution in [0, 0.1) is 0 Å². The van der Waals surface area contributed by atoms with Crippen LogP contribution in [0.25, 0.3) is 0 Å². The Kier molecular flexibility index (Phi) is 6.26. The van der Waals surface area contributed by atoms with Crippen molar-refractivity contribution in [3.63, 3.8) is 0 Å². The van der Waals surface area contributed by atoms with Crippen LogP contribution < -0.4 is 24.8 Å². The molecule has 3 aromatic rings. The maximum Gasteiger partial charge on any atom is 0.315 e. The molecule has 2 aromatic carbocycles. The van der Waals surface area contributed by atoms with Crippen molar-refractivity contribution in [2.24, 2.45) is 7.05 Å². The number of aryl methyl sites for hydroxylation is 1. The Balaban J connectivity index is 1.40. The molecule has 0 radical (unpaired) electrons. The van der Waals surface area contributed by atoms with Gasteiger partial charge in [0.2, 0.25) is 0 Å². The summed E-state index contributed by atoms with van der Waals surface area (Å²) in [6, 6.07) is 12.8. The molecular weight excluding hydrogens is 396 g/mol. The van der Waals surface area contributed by atoms with Gasteiger partial charge in [0.05, 0.1) is 7.11 Å². The molecule has 0 saturated heterocycles. The average Bonchev–Trinajstić information content (AvgIpc) is 3.23. The minimum atomic E-state index is -0.413. The summed E-state index contributed by atoms with van der Waals surface area (Å²) >= 11 is 0. The lowest BCUT2D eigenvalue weighted by atomic mass is 10.1. The number of benzene rings is 2. The zero-order chi connectivity index (χ0) is 21.6. The van der Waals surface area contributed by atoms with E-state index in [1.165, 1.54) is 0 Å². The lowest BCUT2D eigenvalue weighted by Crippen LogP contribution is -2.40. The van der Waals surface area contributed by atoms with E-state index in [4.69, 9.17) is 14.2 Å². The number of carbonyl (C=O) groups excluding carboxylic acids is 1. The molecule has 4 rings (SSSR count). The monoisotopic (exact) mass is 422 g/mol. The van der Waals surface area contributed by atoms with Gasteiger partial charge in [-0.3, -0.25) is 0 Å². The van der Waals surface area contributed by atoms with Crippen molar-refractivity contribution >= 4 is 6.03 Å². The smallest absolute Gasteiger partial charge is 0.315 e. The van der Waals surface area contributed by atoms with E-state index in [0.717, 1.165) is 34.2 Å². The fraction of sp³-hybridized carbons (Fsp3) is 0.304. The topological polar surface area (TPSA) is 86.6 Å². The van der Waals surface area contributed by atoms with Crippen LogP contribution in [0.2, 0.25) is 0 Å². The van der Waals surface area contributed by atoms with Gasteiger partial charge < -0.3 is 29.4 Å². The second kappa shape index (κ2) is 9.42. The molecule has 0 bridgehead atoms. The van der Waals surface area contributed by atoms with E-state index in [0.29, 0.717) is 26.2 Å². The maximum absolute atomic E-state index is 12.7. The Morgan fingerprint density at radius 2 is 2.03 bits per heavy atom. The summed E-state index contributed by atoms with van der Waals surface area (Å²) in [6.07, 6.45) is 4.24. The maximum atomic E-state index is 12.7. The number of rotatable bonds is 7. The second-order valence-corrected chi connectivity index (χ2v) is 7.23. The number of aromatic nitrogens is 2. The number of hydrogen-bond donors (Lipinski definition) is 2. The quantitative estimate of drug-likeness (QED) is 0.612. The van der Waals surface area contributed by atoms with Gasteiger partial charge in [-0.2, -0.15) is 0 Å². The molecular formula is C23H26N4O4. The third-order valence-electron chi connectivity index (χ3n) is 5.13. The number of hydrogen-bond acceptors (Lipinski definition) is 5. The standard InChI is InChI=1S/C23H26N4O4/c1-27-11-10-24-22(27)21(17-4-3-5-18(15-17)29-2)26-23(28)25-9-8-16-6-7-19-20(14-16)31-13-12-30-19/h3-7,10-11,14-15,21H,8-9,12-13H2,1-2H3,(H2,25,26,28)/t21-/m0/s1. The Morgan fingerprint density at radius 1 is 1.19 bits per heavy atom. The van der Waals surface area contributed by atoms with E-state index in [-0.39, 0.29) is 6.03 Å². The van der Waals surface area contributed by atoms with Crippen LogP contribution in [0.15, 0.2) is 54.9 Å². The van der Waals surface area contributed by atoms with E-state index in [1.807, 2.05) is 60.3 Å². The Morgan fingerprint density at radius 3 is 2.81 bits per heavy atom. The van der Waals surface area contributed by atoms with E-state index in [2.05, 4.69) is 15.6 Å². The zero-order valence-corrected chi connectivity index (χ0v) is 17.6. The van der Waals surface area contributed by atoms with Crippen LogP contribution in [-0.4, -0.2) is 42.5 Å². The summed E-state index contributed by atoms with van der Waals surface area (Å²) in [5, 5.41) is 5.96. The van der Waals surface area contributed by atoms with Crippen molar-refractivity contribution < 1.29 is 19.0 Å². The van der Waals surface area contributed by atoms with Gasteiger partial charge in [0.15, 0.2) is 11.5 Å². The van der Waals surface area contributed by atoms with E-state index < -0.39 is 6.04 Å². The van der Waals surface area contributed by atoms with Crippen LogP contribution in [-0.2, 0) is 13.5 Å². The van der Waals surface area contributed by atoms with Crippen molar-refractivity contribution in [2.45, 2.75) is 12.5 Å². The third-order valence-corrected chi connectivity index (χ3v) is 5.13. The number of amides is 2. The molecule has 2 amide bonds. The van der Waals surface area contributed by atoms with Gasteiger partial charge in [0, 0.05) is 26.0 Å². The number of fused-ring (bicyclic) bond motifs is 1. The summed E-state index contributed by atoms with van der Waals surface area (Å²) in [4.78, 5) is 17.1. The number of ether oxygens (including phenoxy) is 3. The highest BCUT2D eigenvalue weighted by molar-refractivity contribution is 5.75. The average molecular weight is 422 g/mol. The first-order valence-corrected chi connectivity index (χ1v) is 10.2. The predicted octanol–water partition coefficient (Wildman–Crippen LogP) is 2.83. The molecule has 2 N–H and O–H groups in total. The molecule has 1 aliphatic rings. The Hall–Kier alpha value is -3.68. The molecule has 162 valence electrons. The highest BCUT2D eigenvalue weighted by Gasteiger charge is 2.21. The Labute approximate surface area is 181 Å². The highest BCUT2D eigenvalue weighted by Crippen LogP contribution is 2.30. The summed E-state index contributed by atoms with van der Waals surface area (Å²) in [7, 11) is 3.52. The number of methoxy groups -OCH3 is 1. The van der Waals surface area contributed by atoms with E-state index >= 15 is 0 Å². The number of imidazole rings is 1. The molecule has 2 heterocycles. The number of urea groups is 1. The molecule has 8 nitrogen and oxygen atoms in total. The normalized spacial score (nSPS) is 13.4. The van der Waals surface area contributed by atoms with E-state index in [9.17, 15) is 4.79 Å². The summed E-state index contributed by atoms with van der Waals surface area (Å²) in [5.41, 5.74) is 1.95. The Bertz CT molecular complexity index is 1050. The lowest BCUT2D eigenvalue weighted by Gasteiger charge is -2.20. The molecule has 0 aliphatic carbocycles. The van der Waals surface area contributed by atoms with Crippen LogP contribution in [0.5, 0.6) is 17.2 Å². The SMILES string of the molecule is COc1cccc([C@H](NC(=O)NCCc2ccc3c(c2)OCCO3)c2nccn2C)c1. The van der Waals surface area contributed by atoms with Gasteiger partial charge in [-0.05, 0) is 41.8 Å². The van der Waals surface area contributed by atoms with Crippen LogP contribution in [0.1, 0.15) is 23.0 Å². The minimum absolute atomic E-state index is 0.270. The third kappa shape index (κ3) is 4.91. The second-order valence-electron chi connectivity index (χ2n) is 7.23. The van der Waals surface area contributed by atoms with Gasteiger partial charge in [-0.1, -0.05) is 18.2 Å². The molecule has 0 unspecified atom stereocenters.